The van der Waals surface area contributed by atoms with Gasteiger partial charge >= 0.3 is 0 Å². The summed E-state index contributed by atoms with van der Waals surface area (Å²) in [6, 6.07) is 14.3. The molecule has 2 aromatic rings. The summed E-state index contributed by atoms with van der Waals surface area (Å²) >= 11 is 0. The minimum absolute atomic E-state index is 0.0370. The standard InChI is InChI=1S/C20H26N2O/c1-14(2)18-7-5-6-8-19(18)22-20(23)9-10-21-17-12-15(3)11-16(4)13-17/h5-8,11-14,21H,9-10H2,1-4H3,(H,22,23). The van der Waals surface area contributed by atoms with E-state index in [0.717, 1.165) is 11.4 Å². The first kappa shape index (κ1) is 17.1. The number of benzene rings is 2. The molecule has 0 aliphatic heterocycles. The van der Waals surface area contributed by atoms with Crippen LogP contribution in [0.15, 0.2) is 42.5 Å². The summed E-state index contributed by atoms with van der Waals surface area (Å²) in [6.45, 7) is 9.04. The Bertz CT molecular complexity index is 657. The van der Waals surface area contributed by atoms with Crippen LogP contribution in [0.3, 0.4) is 0 Å². The summed E-state index contributed by atoms with van der Waals surface area (Å²) in [5, 5.41) is 6.34. The maximum absolute atomic E-state index is 12.2. The minimum atomic E-state index is 0.0370. The van der Waals surface area contributed by atoms with E-state index < -0.39 is 0 Å². The first-order valence-electron chi connectivity index (χ1n) is 8.16. The van der Waals surface area contributed by atoms with E-state index in [9.17, 15) is 4.79 Å². The molecule has 0 aromatic heterocycles. The molecule has 23 heavy (non-hydrogen) atoms. The van der Waals surface area contributed by atoms with E-state index in [1.165, 1.54) is 16.7 Å². The molecule has 2 rings (SSSR count). The number of nitrogens with one attached hydrogen (secondary N) is 2. The molecule has 0 aliphatic rings. The Hall–Kier alpha value is -2.29. The highest BCUT2D eigenvalue weighted by molar-refractivity contribution is 5.91. The molecule has 0 spiro atoms. The second-order valence-electron chi connectivity index (χ2n) is 6.34. The van der Waals surface area contributed by atoms with Gasteiger partial charge in [-0.25, -0.2) is 0 Å². The van der Waals surface area contributed by atoms with E-state index in [1.54, 1.807) is 0 Å². The molecule has 2 aromatic carbocycles. The highest BCUT2D eigenvalue weighted by atomic mass is 16.1. The van der Waals surface area contributed by atoms with E-state index in [4.69, 9.17) is 0 Å². The summed E-state index contributed by atoms with van der Waals surface area (Å²) in [5.74, 6) is 0.426. The van der Waals surface area contributed by atoms with E-state index in [1.807, 2.05) is 18.2 Å². The first-order chi connectivity index (χ1) is 11.0. The zero-order chi connectivity index (χ0) is 16.8. The molecule has 0 heterocycles. The van der Waals surface area contributed by atoms with Gasteiger partial charge in [-0.05, 0) is 54.7 Å². The zero-order valence-corrected chi connectivity index (χ0v) is 14.4. The molecule has 0 bridgehead atoms. The molecular weight excluding hydrogens is 284 g/mol. The van der Waals surface area contributed by atoms with Gasteiger partial charge in [0.05, 0.1) is 0 Å². The topological polar surface area (TPSA) is 41.1 Å². The van der Waals surface area contributed by atoms with Crippen LogP contribution in [0.5, 0.6) is 0 Å². The molecule has 1 amide bonds. The minimum Gasteiger partial charge on any atom is -0.385 e. The van der Waals surface area contributed by atoms with E-state index in [2.05, 4.69) is 62.6 Å². The number of anilines is 2. The fourth-order valence-corrected chi connectivity index (χ4v) is 2.72. The smallest absolute Gasteiger partial charge is 0.226 e. The van der Waals surface area contributed by atoms with Crippen LogP contribution in [0, 0.1) is 13.8 Å². The van der Waals surface area contributed by atoms with Gasteiger partial charge in [0.15, 0.2) is 0 Å². The van der Waals surface area contributed by atoms with Crippen molar-refractivity contribution in [2.24, 2.45) is 0 Å². The summed E-state index contributed by atoms with van der Waals surface area (Å²) in [7, 11) is 0. The lowest BCUT2D eigenvalue weighted by atomic mass is 10.0. The summed E-state index contributed by atoms with van der Waals surface area (Å²) < 4.78 is 0. The third kappa shape index (κ3) is 5.13. The van der Waals surface area contributed by atoms with Crippen molar-refractivity contribution in [1.82, 2.24) is 0 Å². The van der Waals surface area contributed by atoms with Crippen molar-refractivity contribution in [3.8, 4) is 0 Å². The third-order valence-corrected chi connectivity index (χ3v) is 3.76. The predicted octanol–water partition coefficient (Wildman–Crippen LogP) is 4.87. The van der Waals surface area contributed by atoms with Gasteiger partial charge in [-0.15, -0.1) is 0 Å². The number of para-hydroxylation sites is 1. The lowest BCUT2D eigenvalue weighted by Gasteiger charge is -2.14. The predicted molar refractivity (Wildman–Crippen MR) is 98.2 cm³/mol. The largest absolute Gasteiger partial charge is 0.385 e. The van der Waals surface area contributed by atoms with Crippen molar-refractivity contribution in [1.29, 1.82) is 0 Å². The van der Waals surface area contributed by atoms with Gasteiger partial charge in [-0.3, -0.25) is 4.79 Å². The lowest BCUT2D eigenvalue weighted by Crippen LogP contribution is -2.17. The average molecular weight is 310 g/mol. The summed E-state index contributed by atoms with van der Waals surface area (Å²) in [4.78, 5) is 12.2. The second-order valence-corrected chi connectivity index (χ2v) is 6.34. The Morgan fingerprint density at radius 2 is 1.70 bits per heavy atom. The normalized spacial score (nSPS) is 10.7. The molecule has 0 fully saturated rings. The first-order valence-corrected chi connectivity index (χ1v) is 8.16. The Balaban J connectivity index is 1.88. The highest BCUT2D eigenvalue weighted by Gasteiger charge is 2.08. The maximum atomic E-state index is 12.2. The molecule has 0 saturated carbocycles. The van der Waals surface area contributed by atoms with Crippen LogP contribution in [0.4, 0.5) is 11.4 Å². The zero-order valence-electron chi connectivity index (χ0n) is 14.4. The van der Waals surface area contributed by atoms with E-state index >= 15 is 0 Å². The fraction of sp³-hybridized carbons (Fsp3) is 0.350. The van der Waals surface area contributed by atoms with Crippen LogP contribution in [-0.2, 0) is 4.79 Å². The van der Waals surface area contributed by atoms with Crippen molar-refractivity contribution in [3.05, 3.63) is 59.2 Å². The van der Waals surface area contributed by atoms with Crippen LogP contribution >= 0.6 is 0 Å². The maximum Gasteiger partial charge on any atom is 0.226 e. The molecule has 2 N–H and O–H groups in total. The third-order valence-electron chi connectivity index (χ3n) is 3.76. The average Bonchev–Trinajstić information content (AvgIpc) is 2.46. The Morgan fingerprint density at radius 1 is 1.04 bits per heavy atom. The number of carbonyl (C=O) groups excluding carboxylic acids is 1. The van der Waals surface area contributed by atoms with Gasteiger partial charge in [-0.1, -0.05) is 38.1 Å². The van der Waals surface area contributed by atoms with E-state index in [-0.39, 0.29) is 5.91 Å². The van der Waals surface area contributed by atoms with Crippen LogP contribution in [0.25, 0.3) is 0 Å². The molecule has 3 nitrogen and oxygen atoms in total. The molecule has 0 radical (unpaired) electrons. The van der Waals surface area contributed by atoms with Crippen LogP contribution in [0.2, 0.25) is 0 Å². The molecule has 0 saturated heterocycles. The van der Waals surface area contributed by atoms with Crippen molar-refractivity contribution in [2.45, 2.75) is 40.0 Å². The second kappa shape index (κ2) is 7.82. The van der Waals surface area contributed by atoms with Gasteiger partial charge in [0.1, 0.15) is 0 Å². The monoisotopic (exact) mass is 310 g/mol. The molecular formula is C20H26N2O. The number of hydrogen-bond donors (Lipinski definition) is 2. The SMILES string of the molecule is Cc1cc(C)cc(NCCC(=O)Nc2ccccc2C(C)C)c1. The number of rotatable bonds is 6. The van der Waals surface area contributed by atoms with E-state index in [0.29, 0.717) is 18.9 Å². The van der Waals surface area contributed by atoms with Crippen molar-refractivity contribution < 1.29 is 4.79 Å². The van der Waals surface area contributed by atoms with Gasteiger partial charge in [0.2, 0.25) is 5.91 Å². The number of amides is 1. The molecule has 0 unspecified atom stereocenters. The number of carbonyl (C=O) groups is 1. The summed E-state index contributed by atoms with van der Waals surface area (Å²) in [6.07, 6.45) is 0.444. The number of aryl methyl sites for hydroxylation is 2. The lowest BCUT2D eigenvalue weighted by molar-refractivity contribution is -0.115. The Morgan fingerprint density at radius 3 is 2.35 bits per heavy atom. The molecule has 122 valence electrons. The molecule has 0 atom stereocenters. The van der Waals surface area contributed by atoms with Crippen LogP contribution in [-0.4, -0.2) is 12.5 Å². The number of hydrogen-bond acceptors (Lipinski definition) is 2. The van der Waals surface area contributed by atoms with Crippen LogP contribution < -0.4 is 10.6 Å². The van der Waals surface area contributed by atoms with Crippen LogP contribution in [0.1, 0.15) is 42.9 Å². The highest BCUT2D eigenvalue weighted by Crippen LogP contribution is 2.23. The van der Waals surface area contributed by atoms with Gasteiger partial charge in [0, 0.05) is 24.3 Å². The van der Waals surface area contributed by atoms with Crippen molar-refractivity contribution >= 4 is 17.3 Å². The van der Waals surface area contributed by atoms with Gasteiger partial charge in [-0.2, -0.15) is 0 Å². The Labute approximate surface area is 139 Å². The molecule has 3 heteroatoms. The quantitative estimate of drug-likeness (QED) is 0.799. The summed E-state index contributed by atoms with van der Waals surface area (Å²) in [5.41, 5.74) is 5.60. The van der Waals surface area contributed by atoms with Crippen molar-refractivity contribution in [3.63, 3.8) is 0 Å². The van der Waals surface area contributed by atoms with Gasteiger partial charge < -0.3 is 10.6 Å². The Kier molecular flexibility index (Phi) is 5.80. The fourth-order valence-electron chi connectivity index (χ4n) is 2.72. The van der Waals surface area contributed by atoms with Crippen molar-refractivity contribution in [2.75, 3.05) is 17.2 Å². The molecule has 0 aliphatic carbocycles. The van der Waals surface area contributed by atoms with Gasteiger partial charge in [0.25, 0.3) is 0 Å².